The maximum absolute atomic E-state index is 12.3. The number of amides is 1. The van der Waals surface area contributed by atoms with Gasteiger partial charge in [0.1, 0.15) is 5.69 Å². The fraction of sp³-hybridized carbons (Fsp3) is 0.154. The number of aromatic nitrogens is 1. The second-order valence-corrected chi connectivity index (χ2v) is 6.42. The largest absolute Gasteiger partial charge is 0.478 e. The number of thiophene rings is 1. The van der Waals surface area contributed by atoms with Crippen molar-refractivity contribution in [2.24, 2.45) is 0 Å². The second-order valence-electron chi connectivity index (χ2n) is 4.13. The highest BCUT2D eigenvalue weighted by atomic mass is 79.9. The molecule has 0 radical (unpaired) electrons. The number of hydrogen-bond acceptors (Lipinski definition) is 4. The predicted molar refractivity (Wildman–Crippen MR) is 79.0 cm³/mol. The quantitative estimate of drug-likeness (QED) is 0.916. The molecule has 0 aliphatic rings. The van der Waals surface area contributed by atoms with E-state index in [1.54, 1.807) is 7.05 Å². The Kier molecular flexibility index (Phi) is 4.51. The lowest BCUT2D eigenvalue weighted by atomic mass is 10.1. The Morgan fingerprint density at radius 2 is 2.25 bits per heavy atom. The van der Waals surface area contributed by atoms with Gasteiger partial charge in [0.25, 0.3) is 5.91 Å². The van der Waals surface area contributed by atoms with Crippen molar-refractivity contribution in [3.63, 3.8) is 0 Å². The van der Waals surface area contributed by atoms with Crippen molar-refractivity contribution < 1.29 is 14.7 Å². The SMILES string of the molecule is CN(Cc1csc(Br)c1)C(=O)c1ncccc1C(=O)O. The Bertz CT molecular complexity index is 657. The number of halogens is 1. The van der Waals surface area contributed by atoms with Crippen LogP contribution in [0, 0.1) is 0 Å². The zero-order chi connectivity index (χ0) is 14.7. The number of pyridine rings is 1. The van der Waals surface area contributed by atoms with Crippen molar-refractivity contribution in [3.05, 3.63) is 50.4 Å². The standard InChI is InChI=1S/C13H11BrN2O3S/c1-16(6-8-5-10(14)20-7-8)12(17)11-9(13(18)19)3-2-4-15-11/h2-5,7H,6H2,1H3,(H,18,19). The van der Waals surface area contributed by atoms with E-state index in [2.05, 4.69) is 20.9 Å². The third kappa shape index (κ3) is 3.23. The molecule has 104 valence electrons. The number of aromatic carboxylic acids is 1. The van der Waals surface area contributed by atoms with E-state index in [0.717, 1.165) is 9.35 Å². The van der Waals surface area contributed by atoms with Gasteiger partial charge >= 0.3 is 5.97 Å². The van der Waals surface area contributed by atoms with Gasteiger partial charge in [-0.2, -0.15) is 0 Å². The van der Waals surface area contributed by atoms with Crippen molar-refractivity contribution in [1.82, 2.24) is 9.88 Å². The molecule has 0 saturated carbocycles. The fourth-order valence-corrected chi connectivity index (χ4v) is 2.90. The first-order valence-electron chi connectivity index (χ1n) is 5.65. The normalized spacial score (nSPS) is 10.3. The molecule has 2 aromatic rings. The van der Waals surface area contributed by atoms with Crippen molar-refractivity contribution >= 4 is 39.1 Å². The van der Waals surface area contributed by atoms with Crippen LogP contribution in [0.4, 0.5) is 0 Å². The lowest BCUT2D eigenvalue weighted by Gasteiger charge is -2.16. The Hall–Kier alpha value is -1.73. The molecular weight excluding hydrogens is 344 g/mol. The van der Waals surface area contributed by atoms with Gasteiger partial charge in [0.2, 0.25) is 0 Å². The summed E-state index contributed by atoms with van der Waals surface area (Å²) in [5.41, 5.74) is 0.846. The van der Waals surface area contributed by atoms with E-state index in [-0.39, 0.29) is 11.3 Å². The smallest absolute Gasteiger partial charge is 0.338 e. The summed E-state index contributed by atoms with van der Waals surface area (Å²) in [6.07, 6.45) is 1.41. The Labute approximate surface area is 128 Å². The lowest BCUT2D eigenvalue weighted by molar-refractivity contribution is 0.0678. The number of carboxylic acids is 1. The molecule has 0 aliphatic heterocycles. The van der Waals surface area contributed by atoms with Crippen molar-refractivity contribution in [3.8, 4) is 0 Å². The van der Waals surface area contributed by atoms with E-state index in [4.69, 9.17) is 5.11 Å². The average Bonchev–Trinajstić information content (AvgIpc) is 2.83. The summed E-state index contributed by atoms with van der Waals surface area (Å²) in [7, 11) is 1.62. The summed E-state index contributed by atoms with van der Waals surface area (Å²) in [5.74, 6) is -1.57. The van der Waals surface area contributed by atoms with Gasteiger partial charge in [0.15, 0.2) is 0 Å². The summed E-state index contributed by atoms with van der Waals surface area (Å²) in [4.78, 5) is 28.7. The molecule has 0 bridgehead atoms. The number of carbonyl (C=O) groups is 2. The molecule has 1 amide bonds. The summed E-state index contributed by atoms with van der Waals surface area (Å²) < 4.78 is 0.984. The predicted octanol–water partition coefficient (Wildman–Crippen LogP) is 2.88. The summed E-state index contributed by atoms with van der Waals surface area (Å²) in [5, 5.41) is 11.0. The van der Waals surface area contributed by atoms with Crippen LogP contribution in [-0.4, -0.2) is 33.9 Å². The molecule has 20 heavy (non-hydrogen) atoms. The first-order chi connectivity index (χ1) is 9.49. The molecule has 7 heteroatoms. The minimum Gasteiger partial charge on any atom is -0.478 e. The highest BCUT2D eigenvalue weighted by Gasteiger charge is 2.21. The van der Waals surface area contributed by atoms with Crippen LogP contribution in [0.3, 0.4) is 0 Å². The van der Waals surface area contributed by atoms with Gasteiger partial charge in [0, 0.05) is 19.8 Å². The molecule has 5 nitrogen and oxygen atoms in total. The van der Waals surface area contributed by atoms with Crippen LogP contribution < -0.4 is 0 Å². The van der Waals surface area contributed by atoms with Crippen LogP contribution in [0.5, 0.6) is 0 Å². The molecule has 0 aromatic carbocycles. The van der Waals surface area contributed by atoms with Gasteiger partial charge in [-0.05, 0) is 45.1 Å². The summed E-state index contributed by atoms with van der Waals surface area (Å²) >= 11 is 4.89. The van der Waals surface area contributed by atoms with Crippen LogP contribution in [0.1, 0.15) is 26.4 Å². The molecule has 0 unspecified atom stereocenters. The molecule has 0 atom stereocenters. The molecular formula is C13H11BrN2O3S. The topological polar surface area (TPSA) is 70.5 Å². The van der Waals surface area contributed by atoms with Gasteiger partial charge in [0.05, 0.1) is 9.35 Å². The molecule has 0 spiro atoms. The van der Waals surface area contributed by atoms with E-state index in [1.165, 1.54) is 34.6 Å². The van der Waals surface area contributed by atoms with Gasteiger partial charge in [-0.15, -0.1) is 11.3 Å². The molecule has 2 heterocycles. The molecule has 0 saturated heterocycles. The highest BCUT2D eigenvalue weighted by Crippen LogP contribution is 2.22. The van der Waals surface area contributed by atoms with E-state index in [9.17, 15) is 9.59 Å². The third-order valence-corrected chi connectivity index (χ3v) is 4.18. The minimum absolute atomic E-state index is 0.0446. The van der Waals surface area contributed by atoms with E-state index in [0.29, 0.717) is 6.54 Å². The summed E-state index contributed by atoms with van der Waals surface area (Å²) in [6.45, 7) is 0.399. The van der Waals surface area contributed by atoms with Gasteiger partial charge in [-0.1, -0.05) is 0 Å². The zero-order valence-corrected chi connectivity index (χ0v) is 12.9. The van der Waals surface area contributed by atoms with Crippen LogP contribution in [0.2, 0.25) is 0 Å². The number of hydrogen-bond donors (Lipinski definition) is 1. The Morgan fingerprint density at radius 3 is 2.85 bits per heavy atom. The highest BCUT2D eigenvalue weighted by molar-refractivity contribution is 9.11. The number of nitrogens with zero attached hydrogens (tertiary/aromatic N) is 2. The van der Waals surface area contributed by atoms with Gasteiger partial charge in [-0.25, -0.2) is 4.79 Å². The fourth-order valence-electron chi connectivity index (χ4n) is 1.70. The molecule has 1 N–H and O–H groups in total. The van der Waals surface area contributed by atoms with Crippen LogP contribution in [0.25, 0.3) is 0 Å². The number of carboxylic acid groups (broad SMARTS) is 1. The van der Waals surface area contributed by atoms with Crippen molar-refractivity contribution in [2.45, 2.75) is 6.54 Å². The maximum atomic E-state index is 12.3. The first-order valence-corrected chi connectivity index (χ1v) is 7.33. The zero-order valence-electron chi connectivity index (χ0n) is 10.5. The Morgan fingerprint density at radius 1 is 1.50 bits per heavy atom. The van der Waals surface area contributed by atoms with E-state index >= 15 is 0 Å². The molecule has 0 aliphatic carbocycles. The van der Waals surface area contributed by atoms with Crippen LogP contribution in [0.15, 0.2) is 33.6 Å². The van der Waals surface area contributed by atoms with Crippen LogP contribution >= 0.6 is 27.3 Å². The number of carbonyl (C=O) groups excluding carboxylic acids is 1. The van der Waals surface area contributed by atoms with Crippen molar-refractivity contribution in [2.75, 3.05) is 7.05 Å². The van der Waals surface area contributed by atoms with Crippen molar-refractivity contribution in [1.29, 1.82) is 0 Å². The van der Waals surface area contributed by atoms with Gasteiger partial charge in [-0.3, -0.25) is 9.78 Å². The lowest BCUT2D eigenvalue weighted by Crippen LogP contribution is -2.28. The molecule has 2 rings (SSSR count). The second kappa shape index (κ2) is 6.15. The third-order valence-electron chi connectivity index (χ3n) is 2.63. The number of rotatable bonds is 4. The monoisotopic (exact) mass is 354 g/mol. The summed E-state index contributed by atoms with van der Waals surface area (Å²) in [6, 6.07) is 4.79. The maximum Gasteiger partial charge on any atom is 0.338 e. The first kappa shape index (κ1) is 14.7. The van der Waals surface area contributed by atoms with E-state index < -0.39 is 11.9 Å². The molecule has 0 fully saturated rings. The van der Waals surface area contributed by atoms with Crippen LogP contribution in [-0.2, 0) is 6.54 Å². The molecule has 2 aromatic heterocycles. The average molecular weight is 355 g/mol. The van der Waals surface area contributed by atoms with E-state index in [1.807, 2.05) is 11.4 Å². The minimum atomic E-state index is -1.16. The van der Waals surface area contributed by atoms with Gasteiger partial charge < -0.3 is 10.0 Å². The Balaban J connectivity index is 2.20.